The van der Waals surface area contributed by atoms with E-state index in [0.29, 0.717) is 12.6 Å². The minimum Gasteiger partial charge on any atom is -0.392 e. The number of aromatic nitrogens is 1. The Bertz CT molecular complexity index is 471. The molecule has 0 saturated heterocycles. The molecule has 1 heterocycles. The third-order valence-electron chi connectivity index (χ3n) is 4.23. The molecule has 1 aromatic rings. The predicted octanol–water partition coefficient (Wildman–Crippen LogP) is 2.72. The maximum atomic E-state index is 12.2. The van der Waals surface area contributed by atoms with E-state index < -0.39 is 6.10 Å². The van der Waals surface area contributed by atoms with Gasteiger partial charge in [0.05, 0.1) is 11.7 Å². The van der Waals surface area contributed by atoms with Crippen molar-refractivity contribution in [2.24, 2.45) is 0 Å². The van der Waals surface area contributed by atoms with Gasteiger partial charge in [0, 0.05) is 24.0 Å². The molecule has 2 rings (SSSR count). The number of aliphatic hydroxyl groups is 1. The number of rotatable bonds is 4. The third kappa shape index (κ3) is 3.23. The number of carbonyl (C=O) groups is 1. The maximum Gasteiger partial charge on any atom is 0.253 e. The lowest BCUT2D eigenvalue weighted by atomic mass is 9.95. The van der Waals surface area contributed by atoms with Crippen LogP contribution in [0.4, 0.5) is 0 Å². The zero-order valence-electron chi connectivity index (χ0n) is 12.8. The number of nitrogens with one attached hydrogen (secondary N) is 1. The molecule has 0 spiro atoms. The molecule has 112 valence electrons. The molecule has 1 unspecified atom stereocenters. The molecule has 0 radical (unpaired) electrons. The fourth-order valence-electron chi connectivity index (χ4n) is 3.24. The van der Waals surface area contributed by atoms with Gasteiger partial charge < -0.3 is 15.0 Å². The molecule has 0 bridgehead atoms. The first-order valence-corrected chi connectivity index (χ1v) is 7.65. The van der Waals surface area contributed by atoms with Crippen molar-refractivity contribution in [1.82, 2.24) is 9.88 Å². The van der Waals surface area contributed by atoms with Gasteiger partial charge in [0.25, 0.3) is 5.91 Å². The highest BCUT2D eigenvalue weighted by atomic mass is 16.3. The van der Waals surface area contributed by atoms with Gasteiger partial charge >= 0.3 is 0 Å². The topological polar surface area (TPSA) is 54.3 Å². The normalized spacial score (nSPS) is 18.0. The van der Waals surface area contributed by atoms with Crippen molar-refractivity contribution < 1.29 is 9.90 Å². The summed E-state index contributed by atoms with van der Waals surface area (Å²) in [7, 11) is 0. The summed E-state index contributed by atoms with van der Waals surface area (Å²) in [6.45, 7) is 6.07. The average Bonchev–Trinajstić information content (AvgIpc) is 2.72. The molecule has 1 aromatic heterocycles. The lowest BCUT2D eigenvalue weighted by Crippen LogP contribution is -2.30. The van der Waals surface area contributed by atoms with Crippen LogP contribution < -0.4 is 5.32 Å². The SMILES string of the molecule is Cc1cc(C(=O)NCC(C)O)c(C)n1C1CCCCC1. The van der Waals surface area contributed by atoms with Crippen LogP contribution in [0, 0.1) is 13.8 Å². The van der Waals surface area contributed by atoms with E-state index in [1.54, 1.807) is 6.92 Å². The number of aliphatic hydroxyl groups excluding tert-OH is 1. The van der Waals surface area contributed by atoms with E-state index in [0.717, 1.165) is 17.0 Å². The molecular weight excluding hydrogens is 252 g/mol. The van der Waals surface area contributed by atoms with Gasteiger partial charge in [-0.2, -0.15) is 0 Å². The van der Waals surface area contributed by atoms with Crippen LogP contribution in [-0.4, -0.2) is 28.2 Å². The Morgan fingerprint density at radius 3 is 2.65 bits per heavy atom. The summed E-state index contributed by atoms with van der Waals surface area (Å²) >= 11 is 0. The minimum atomic E-state index is -0.513. The molecule has 1 fully saturated rings. The van der Waals surface area contributed by atoms with Gasteiger partial charge in [-0.15, -0.1) is 0 Å². The molecule has 4 heteroatoms. The molecule has 1 aliphatic rings. The summed E-state index contributed by atoms with van der Waals surface area (Å²) in [6.07, 6.45) is 5.81. The van der Waals surface area contributed by atoms with E-state index in [2.05, 4.69) is 16.8 Å². The van der Waals surface area contributed by atoms with Crippen LogP contribution in [0.5, 0.6) is 0 Å². The molecule has 1 amide bonds. The van der Waals surface area contributed by atoms with Gasteiger partial charge in [-0.25, -0.2) is 0 Å². The van der Waals surface area contributed by atoms with Crippen molar-refractivity contribution in [3.05, 3.63) is 23.0 Å². The van der Waals surface area contributed by atoms with Gasteiger partial charge in [0.1, 0.15) is 0 Å². The van der Waals surface area contributed by atoms with E-state index in [-0.39, 0.29) is 5.91 Å². The zero-order valence-corrected chi connectivity index (χ0v) is 12.8. The molecule has 1 atom stereocenters. The highest BCUT2D eigenvalue weighted by Gasteiger charge is 2.22. The Morgan fingerprint density at radius 2 is 2.05 bits per heavy atom. The molecular formula is C16H26N2O2. The first-order chi connectivity index (χ1) is 9.50. The summed E-state index contributed by atoms with van der Waals surface area (Å²) in [4.78, 5) is 12.2. The number of aryl methyl sites for hydroxylation is 1. The standard InChI is InChI=1S/C16H26N2O2/c1-11-9-15(16(20)17-10-12(2)19)13(3)18(11)14-7-5-4-6-8-14/h9,12,14,19H,4-8,10H2,1-3H3,(H,17,20). The Hall–Kier alpha value is -1.29. The minimum absolute atomic E-state index is 0.0824. The molecule has 0 aromatic carbocycles. The Balaban J connectivity index is 2.17. The van der Waals surface area contributed by atoms with Crippen LogP contribution in [0.25, 0.3) is 0 Å². The second-order valence-electron chi connectivity index (χ2n) is 6.01. The van der Waals surface area contributed by atoms with E-state index >= 15 is 0 Å². The molecule has 4 nitrogen and oxygen atoms in total. The lowest BCUT2D eigenvalue weighted by molar-refractivity contribution is 0.0923. The Kier molecular flexibility index (Phi) is 4.86. The smallest absolute Gasteiger partial charge is 0.253 e. The van der Waals surface area contributed by atoms with Crippen molar-refractivity contribution in [2.75, 3.05) is 6.54 Å². The van der Waals surface area contributed by atoms with Crippen LogP contribution in [0.2, 0.25) is 0 Å². The van der Waals surface area contributed by atoms with E-state index in [1.807, 2.05) is 13.0 Å². The number of amides is 1. The Labute approximate surface area is 121 Å². The van der Waals surface area contributed by atoms with Crippen molar-refractivity contribution >= 4 is 5.91 Å². The second-order valence-corrected chi connectivity index (χ2v) is 6.01. The van der Waals surface area contributed by atoms with Crippen LogP contribution in [0.15, 0.2) is 6.07 Å². The van der Waals surface area contributed by atoms with E-state index in [1.165, 1.54) is 32.1 Å². The van der Waals surface area contributed by atoms with Crippen molar-refractivity contribution in [2.45, 2.75) is 65.0 Å². The van der Waals surface area contributed by atoms with Crippen LogP contribution in [-0.2, 0) is 0 Å². The van der Waals surface area contributed by atoms with Gasteiger partial charge in [-0.3, -0.25) is 4.79 Å². The zero-order chi connectivity index (χ0) is 14.7. The Morgan fingerprint density at radius 1 is 1.40 bits per heavy atom. The summed E-state index contributed by atoms with van der Waals surface area (Å²) in [5.74, 6) is -0.0824. The number of carbonyl (C=O) groups excluding carboxylic acids is 1. The molecule has 0 aliphatic heterocycles. The van der Waals surface area contributed by atoms with E-state index in [4.69, 9.17) is 0 Å². The van der Waals surface area contributed by atoms with Crippen LogP contribution in [0.3, 0.4) is 0 Å². The second kappa shape index (κ2) is 6.44. The van der Waals surface area contributed by atoms with Gasteiger partial charge in [-0.05, 0) is 39.7 Å². The van der Waals surface area contributed by atoms with Gasteiger partial charge in [0.15, 0.2) is 0 Å². The molecule has 1 aliphatic carbocycles. The summed E-state index contributed by atoms with van der Waals surface area (Å²) in [5, 5.41) is 12.0. The highest BCUT2D eigenvalue weighted by Crippen LogP contribution is 2.32. The molecule has 2 N–H and O–H groups in total. The predicted molar refractivity (Wildman–Crippen MR) is 80.0 cm³/mol. The van der Waals surface area contributed by atoms with Crippen LogP contribution in [0.1, 0.15) is 66.8 Å². The fourth-order valence-corrected chi connectivity index (χ4v) is 3.24. The maximum absolute atomic E-state index is 12.2. The first-order valence-electron chi connectivity index (χ1n) is 7.65. The summed E-state index contributed by atoms with van der Waals surface area (Å²) < 4.78 is 2.33. The number of hydrogen-bond donors (Lipinski definition) is 2. The number of nitrogens with zero attached hydrogens (tertiary/aromatic N) is 1. The highest BCUT2D eigenvalue weighted by molar-refractivity contribution is 5.95. The average molecular weight is 278 g/mol. The largest absolute Gasteiger partial charge is 0.392 e. The van der Waals surface area contributed by atoms with Crippen molar-refractivity contribution in [3.63, 3.8) is 0 Å². The molecule has 1 saturated carbocycles. The third-order valence-corrected chi connectivity index (χ3v) is 4.23. The first kappa shape index (κ1) is 15.1. The monoisotopic (exact) mass is 278 g/mol. The van der Waals surface area contributed by atoms with Gasteiger partial charge in [0.2, 0.25) is 0 Å². The molecule has 20 heavy (non-hydrogen) atoms. The van der Waals surface area contributed by atoms with E-state index in [9.17, 15) is 9.90 Å². The van der Waals surface area contributed by atoms with Crippen molar-refractivity contribution in [3.8, 4) is 0 Å². The quantitative estimate of drug-likeness (QED) is 0.889. The van der Waals surface area contributed by atoms with Gasteiger partial charge in [-0.1, -0.05) is 19.3 Å². The summed E-state index contributed by atoms with van der Waals surface area (Å²) in [6, 6.07) is 2.52. The van der Waals surface area contributed by atoms with Crippen LogP contribution >= 0.6 is 0 Å². The van der Waals surface area contributed by atoms with Crippen molar-refractivity contribution in [1.29, 1.82) is 0 Å². The fraction of sp³-hybridized carbons (Fsp3) is 0.688. The summed E-state index contributed by atoms with van der Waals surface area (Å²) in [5.41, 5.74) is 2.96. The lowest BCUT2D eigenvalue weighted by Gasteiger charge is -2.26. The number of hydrogen-bond acceptors (Lipinski definition) is 2.